The normalized spacial score (nSPS) is 13.8. The van der Waals surface area contributed by atoms with Crippen LogP contribution in [-0.2, 0) is 4.79 Å². The van der Waals surface area contributed by atoms with Crippen molar-refractivity contribution >= 4 is 5.97 Å². The van der Waals surface area contributed by atoms with E-state index in [1.807, 2.05) is 6.92 Å². The number of aliphatic carboxylic acids is 1. The van der Waals surface area contributed by atoms with Gasteiger partial charge in [-0.2, -0.15) is 0 Å². The monoisotopic (exact) mass is 287 g/mol. The number of carbonyl (C=O) groups is 1. The van der Waals surface area contributed by atoms with Crippen molar-refractivity contribution in [3.05, 3.63) is 29.8 Å². The number of carboxylic acid groups (broad SMARTS) is 1. The minimum atomic E-state index is -1.18. The van der Waals surface area contributed by atoms with Gasteiger partial charge in [-0.15, -0.1) is 0 Å². The van der Waals surface area contributed by atoms with Crippen LogP contribution in [0.4, 0.5) is 8.78 Å². The van der Waals surface area contributed by atoms with Gasteiger partial charge in [-0.1, -0.05) is 13.0 Å². The summed E-state index contributed by atoms with van der Waals surface area (Å²) in [4.78, 5) is 11.2. The van der Waals surface area contributed by atoms with Crippen LogP contribution < -0.4 is 10.1 Å². The summed E-state index contributed by atoms with van der Waals surface area (Å²) < 4.78 is 31.7. The van der Waals surface area contributed by atoms with Crippen LogP contribution >= 0.6 is 0 Å². The first-order chi connectivity index (χ1) is 9.40. The smallest absolute Gasteiger partial charge is 0.323 e. The fourth-order valence-corrected chi connectivity index (χ4v) is 1.65. The zero-order valence-corrected chi connectivity index (χ0v) is 11.6. The second kappa shape index (κ2) is 7.19. The largest absolute Gasteiger partial charge is 0.488 e. The van der Waals surface area contributed by atoms with Gasteiger partial charge in [0.15, 0.2) is 17.4 Å². The molecule has 0 radical (unpaired) electrons. The highest BCUT2D eigenvalue weighted by atomic mass is 19.1. The highest BCUT2D eigenvalue weighted by Crippen LogP contribution is 2.22. The van der Waals surface area contributed by atoms with Crippen molar-refractivity contribution < 1.29 is 23.4 Å². The third kappa shape index (κ3) is 4.16. The Labute approximate surface area is 116 Å². The van der Waals surface area contributed by atoms with Gasteiger partial charge in [0.2, 0.25) is 0 Å². The molecule has 1 aromatic rings. The maximum Gasteiger partial charge on any atom is 0.323 e. The minimum Gasteiger partial charge on any atom is -0.488 e. The van der Waals surface area contributed by atoms with Gasteiger partial charge in [0, 0.05) is 6.42 Å². The topological polar surface area (TPSA) is 58.6 Å². The summed E-state index contributed by atoms with van der Waals surface area (Å²) >= 11 is 0. The quantitative estimate of drug-likeness (QED) is 0.771. The van der Waals surface area contributed by atoms with E-state index in [2.05, 4.69) is 5.32 Å². The Morgan fingerprint density at radius 2 is 2.00 bits per heavy atom. The van der Waals surface area contributed by atoms with E-state index in [0.717, 1.165) is 18.6 Å². The van der Waals surface area contributed by atoms with E-state index < -0.39 is 28.9 Å². The Hall–Kier alpha value is -1.69. The van der Waals surface area contributed by atoms with Crippen molar-refractivity contribution in [1.29, 1.82) is 0 Å². The fraction of sp³-hybridized carbons (Fsp3) is 0.500. The van der Waals surface area contributed by atoms with Gasteiger partial charge < -0.3 is 15.2 Å². The number of hydrogen-bond donors (Lipinski definition) is 2. The lowest BCUT2D eigenvalue weighted by Gasteiger charge is -2.26. The van der Waals surface area contributed by atoms with Crippen molar-refractivity contribution in [3.63, 3.8) is 0 Å². The van der Waals surface area contributed by atoms with E-state index in [9.17, 15) is 18.7 Å². The first kappa shape index (κ1) is 16.4. The molecule has 0 aliphatic rings. The number of para-hydroxylation sites is 1. The van der Waals surface area contributed by atoms with Crippen molar-refractivity contribution in [2.45, 2.75) is 32.2 Å². The lowest BCUT2D eigenvalue weighted by Crippen LogP contribution is -2.50. The van der Waals surface area contributed by atoms with Gasteiger partial charge in [-0.25, -0.2) is 8.78 Å². The average molecular weight is 287 g/mol. The molecule has 1 atom stereocenters. The van der Waals surface area contributed by atoms with Crippen LogP contribution in [0.2, 0.25) is 0 Å². The summed E-state index contributed by atoms with van der Waals surface area (Å²) in [5.41, 5.74) is -1.18. The minimum absolute atomic E-state index is 0.0934. The van der Waals surface area contributed by atoms with Crippen LogP contribution in [0.1, 0.15) is 26.7 Å². The summed E-state index contributed by atoms with van der Waals surface area (Å²) in [5, 5.41) is 12.1. The van der Waals surface area contributed by atoms with E-state index in [-0.39, 0.29) is 13.0 Å². The van der Waals surface area contributed by atoms with Gasteiger partial charge in [0.25, 0.3) is 0 Å². The average Bonchev–Trinajstić information content (AvgIpc) is 2.39. The molecule has 0 saturated heterocycles. The standard InChI is InChI=1S/C14H19F2NO3/c1-3-8-17-14(2,13(18)19)7-9-20-12-10(15)5-4-6-11(12)16/h4-6,17H,3,7-9H2,1-2H3,(H,18,19). The number of carboxylic acids is 1. The molecule has 0 bridgehead atoms. The molecule has 0 amide bonds. The molecule has 0 aliphatic carbocycles. The Balaban J connectivity index is 2.63. The molecule has 0 aromatic heterocycles. The summed E-state index contributed by atoms with van der Waals surface area (Å²) in [6.07, 6.45) is 0.877. The Bertz CT molecular complexity index is 447. The molecule has 1 rings (SSSR count). The maximum absolute atomic E-state index is 13.3. The third-order valence-electron chi connectivity index (χ3n) is 3.00. The molecule has 2 N–H and O–H groups in total. The molecule has 1 unspecified atom stereocenters. The molecule has 20 heavy (non-hydrogen) atoms. The van der Waals surface area contributed by atoms with Crippen LogP contribution in [0.5, 0.6) is 5.75 Å². The van der Waals surface area contributed by atoms with Crippen LogP contribution in [0.25, 0.3) is 0 Å². The molecule has 6 heteroatoms. The summed E-state index contributed by atoms with van der Waals surface area (Å²) in [5.74, 6) is -3.11. The number of hydrogen-bond acceptors (Lipinski definition) is 3. The van der Waals surface area contributed by atoms with Crippen molar-refractivity contribution in [2.75, 3.05) is 13.2 Å². The fourth-order valence-electron chi connectivity index (χ4n) is 1.65. The molecule has 112 valence electrons. The third-order valence-corrected chi connectivity index (χ3v) is 3.00. The molecule has 0 saturated carbocycles. The first-order valence-electron chi connectivity index (χ1n) is 6.46. The number of ether oxygens (including phenoxy) is 1. The molecular formula is C14H19F2NO3. The molecule has 1 aromatic carbocycles. The number of rotatable bonds is 8. The summed E-state index contributed by atoms with van der Waals surface area (Å²) in [6, 6.07) is 3.41. The van der Waals surface area contributed by atoms with Gasteiger partial charge in [0.05, 0.1) is 6.61 Å². The predicted molar refractivity (Wildman–Crippen MR) is 70.8 cm³/mol. The Morgan fingerprint density at radius 3 is 2.50 bits per heavy atom. The first-order valence-corrected chi connectivity index (χ1v) is 6.46. The zero-order valence-electron chi connectivity index (χ0n) is 11.6. The molecule has 4 nitrogen and oxygen atoms in total. The van der Waals surface area contributed by atoms with Crippen LogP contribution in [-0.4, -0.2) is 29.8 Å². The molecule has 0 heterocycles. The molecule has 0 spiro atoms. The van der Waals surface area contributed by atoms with Crippen LogP contribution in [0.3, 0.4) is 0 Å². The van der Waals surface area contributed by atoms with E-state index in [1.54, 1.807) is 0 Å². The highest BCUT2D eigenvalue weighted by molar-refractivity contribution is 5.78. The summed E-state index contributed by atoms with van der Waals surface area (Å²) in [6.45, 7) is 3.88. The van der Waals surface area contributed by atoms with Gasteiger partial charge in [0.1, 0.15) is 5.54 Å². The lowest BCUT2D eigenvalue weighted by molar-refractivity contribution is -0.144. The van der Waals surface area contributed by atoms with E-state index in [1.165, 1.54) is 13.0 Å². The maximum atomic E-state index is 13.3. The Morgan fingerprint density at radius 1 is 1.40 bits per heavy atom. The van der Waals surface area contributed by atoms with E-state index >= 15 is 0 Å². The molecular weight excluding hydrogens is 268 g/mol. The van der Waals surface area contributed by atoms with Gasteiger partial charge >= 0.3 is 5.97 Å². The van der Waals surface area contributed by atoms with Crippen LogP contribution in [0.15, 0.2) is 18.2 Å². The highest BCUT2D eigenvalue weighted by Gasteiger charge is 2.32. The van der Waals surface area contributed by atoms with Crippen LogP contribution in [0, 0.1) is 11.6 Å². The van der Waals surface area contributed by atoms with E-state index in [0.29, 0.717) is 6.54 Å². The second-order valence-electron chi connectivity index (χ2n) is 4.71. The lowest BCUT2D eigenvalue weighted by atomic mass is 9.98. The Kier molecular flexibility index (Phi) is 5.88. The van der Waals surface area contributed by atoms with E-state index in [4.69, 9.17) is 4.74 Å². The number of nitrogens with one attached hydrogen (secondary N) is 1. The number of benzene rings is 1. The number of halogens is 2. The summed E-state index contributed by atoms with van der Waals surface area (Å²) in [7, 11) is 0. The SMILES string of the molecule is CCCNC(C)(CCOc1c(F)cccc1F)C(=O)O. The second-order valence-corrected chi connectivity index (χ2v) is 4.71. The zero-order chi connectivity index (χ0) is 15.2. The van der Waals surface area contributed by atoms with Crippen molar-refractivity contribution in [2.24, 2.45) is 0 Å². The van der Waals surface area contributed by atoms with Gasteiger partial charge in [-0.05, 0) is 32.0 Å². The molecule has 0 fully saturated rings. The van der Waals surface area contributed by atoms with Gasteiger partial charge in [-0.3, -0.25) is 4.79 Å². The molecule has 0 aliphatic heterocycles. The van der Waals surface area contributed by atoms with Crippen molar-refractivity contribution in [1.82, 2.24) is 5.32 Å². The van der Waals surface area contributed by atoms with Crippen molar-refractivity contribution in [3.8, 4) is 5.75 Å². The predicted octanol–water partition coefficient (Wildman–Crippen LogP) is 2.58.